The molecule has 1 heterocycles. The summed E-state index contributed by atoms with van der Waals surface area (Å²) in [6.07, 6.45) is 1.66. The van der Waals surface area contributed by atoms with Gasteiger partial charge in [0.1, 0.15) is 0 Å². The number of nitrogens with zero attached hydrogens (tertiary/aromatic N) is 1. The molecule has 0 saturated carbocycles. The van der Waals surface area contributed by atoms with E-state index in [2.05, 4.69) is 8.80 Å². The molecule has 1 aromatic rings. The van der Waals surface area contributed by atoms with Gasteiger partial charge in [-0.3, -0.25) is 4.79 Å². The van der Waals surface area contributed by atoms with Crippen molar-refractivity contribution < 1.29 is 9.22 Å². The van der Waals surface area contributed by atoms with Crippen molar-refractivity contribution in [1.82, 2.24) is 4.37 Å². The molecule has 0 radical (unpaired) electrons. The predicted molar refractivity (Wildman–Crippen MR) is 30.7 cm³/mol. The van der Waals surface area contributed by atoms with E-state index in [4.69, 9.17) is 0 Å². The topological polar surface area (TPSA) is 39.2 Å². The van der Waals surface area contributed by atoms with Crippen LogP contribution in [-0.2, 0) is 4.79 Å². The smallest absolute Gasteiger partial charge is 0.361 e. The first-order valence-electron chi connectivity index (χ1n) is 1.94. The fourth-order valence-electron chi connectivity index (χ4n) is 0.312. The maximum Gasteiger partial charge on any atom is 0.361 e. The molecule has 0 saturated heterocycles. The number of aromatic nitrogens is 1. The van der Waals surface area contributed by atoms with E-state index in [1.807, 2.05) is 5.68 Å². The van der Waals surface area contributed by atoms with Crippen LogP contribution in [0, 0.1) is 0 Å². The van der Waals surface area contributed by atoms with Gasteiger partial charge in [-0.25, -0.2) is 4.37 Å². The lowest BCUT2D eigenvalue weighted by molar-refractivity contribution is -0.118. The Hall–Kier alpha value is -0.553. The van der Waals surface area contributed by atoms with Crippen LogP contribution >= 0.6 is 11.0 Å². The Kier molecular flexibility index (Phi) is 1.87. The second-order valence-electron chi connectivity index (χ2n) is 1.05. The summed E-state index contributed by atoms with van der Waals surface area (Å²) < 4.78 is 8.39. The first-order valence-corrected chi connectivity index (χ1v) is 4.93. The fraction of sp³-hybridized carbons (Fsp3) is 0. The molecule has 0 amide bonds. The molecular weight excluding hydrogens is 142 g/mol. The van der Waals surface area contributed by atoms with Crippen molar-refractivity contribution in [2.75, 3.05) is 0 Å². The molecule has 0 unspecified atom stereocenters. The molecule has 42 valence electrons. The second-order valence-corrected chi connectivity index (χ2v) is 4.40. The van der Waals surface area contributed by atoms with Crippen LogP contribution < -0.4 is 4.43 Å². The summed E-state index contributed by atoms with van der Waals surface area (Å²) in [7, 11) is 0.267. The molecule has 3 nitrogen and oxygen atoms in total. The molecule has 0 N–H and O–H groups in total. The molecule has 0 bridgehead atoms. The van der Waals surface area contributed by atoms with Crippen LogP contribution in [0.2, 0.25) is 0 Å². The summed E-state index contributed by atoms with van der Waals surface area (Å²) >= 11 is 0. The monoisotopic (exact) mass is 145 g/mol. The second kappa shape index (κ2) is 2.68. The lowest BCUT2D eigenvalue weighted by atomic mass is 11.1. The van der Waals surface area contributed by atoms with Gasteiger partial charge in [0.25, 0.3) is 6.47 Å². The normalized spacial score (nSPS) is 8.50. The molecule has 1 aromatic heterocycles. The highest BCUT2D eigenvalue weighted by molar-refractivity contribution is 7.36. The minimum Gasteiger partial charge on any atom is -0.479 e. The Morgan fingerprint density at radius 3 is 3.25 bits per heavy atom. The van der Waals surface area contributed by atoms with Gasteiger partial charge >= 0.3 is 7.76 Å². The van der Waals surface area contributed by atoms with E-state index >= 15 is 0 Å². The molecule has 0 fully saturated rings. The Labute approximate surface area is 51.4 Å². The molecule has 1 rings (SSSR count). The summed E-state index contributed by atoms with van der Waals surface area (Å²) in [5.41, 5.74) is 1.81. The van der Waals surface area contributed by atoms with Gasteiger partial charge in [-0.05, 0) is 16.6 Å². The van der Waals surface area contributed by atoms with E-state index in [1.165, 1.54) is 11.0 Å². The third kappa shape index (κ3) is 1.21. The maximum absolute atomic E-state index is 9.68. The zero-order chi connectivity index (χ0) is 5.82. The minimum absolute atomic E-state index is 0.465. The van der Waals surface area contributed by atoms with E-state index in [-0.39, 0.29) is 0 Å². The highest BCUT2D eigenvalue weighted by Crippen LogP contribution is 1.85. The third-order valence-electron chi connectivity index (χ3n) is 0.578. The minimum atomic E-state index is -1.06. The van der Waals surface area contributed by atoms with Gasteiger partial charge in [0.05, 0.1) is 0 Å². The van der Waals surface area contributed by atoms with Crippen LogP contribution in [0.5, 0.6) is 0 Å². The largest absolute Gasteiger partial charge is 0.479 e. The number of carbonyl (C=O) groups is 1. The van der Waals surface area contributed by atoms with Crippen LogP contribution in [0.15, 0.2) is 11.9 Å². The molecule has 0 aromatic carbocycles. The molecule has 0 spiro atoms. The average molecular weight is 145 g/mol. The quantitative estimate of drug-likeness (QED) is 0.425. The Bertz CT molecular complexity index is 164. The van der Waals surface area contributed by atoms with E-state index in [0.717, 1.165) is 0 Å². The van der Waals surface area contributed by atoms with Crippen LogP contribution in [-0.4, -0.2) is 18.6 Å². The van der Waals surface area contributed by atoms with Crippen LogP contribution in [0.4, 0.5) is 0 Å². The third-order valence-corrected chi connectivity index (χ3v) is 3.29. The molecule has 8 heavy (non-hydrogen) atoms. The Morgan fingerprint density at radius 1 is 1.88 bits per heavy atom. The van der Waals surface area contributed by atoms with Crippen molar-refractivity contribution in [3.8, 4) is 0 Å². The van der Waals surface area contributed by atoms with Crippen LogP contribution in [0.3, 0.4) is 0 Å². The van der Waals surface area contributed by atoms with Gasteiger partial charge in [-0.1, -0.05) is 0 Å². The SMILES string of the molecule is O=CO[si]1ccns1. The van der Waals surface area contributed by atoms with E-state index in [1.54, 1.807) is 6.20 Å². The Morgan fingerprint density at radius 2 is 2.75 bits per heavy atom. The summed E-state index contributed by atoms with van der Waals surface area (Å²) in [5, 5.41) is 0. The molecule has 0 aliphatic heterocycles. The van der Waals surface area contributed by atoms with Gasteiger partial charge in [0.2, 0.25) is 0 Å². The molecule has 0 atom stereocenters. The summed E-state index contributed by atoms with van der Waals surface area (Å²) in [5.74, 6) is 0. The van der Waals surface area contributed by atoms with Gasteiger partial charge in [0, 0.05) is 6.20 Å². The Balaban J connectivity index is 2.62. The van der Waals surface area contributed by atoms with Gasteiger partial charge in [0.15, 0.2) is 0 Å². The summed E-state index contributed by atoms with van der Waals surface area (Å²) in [4.78, 5) is 9.68. The number of hydrogen-bond acceptors (Lipinski definition) is 4. The lowest BCUT2D eigenvalue weighted by Gasteiger charge is -1.81. The van der Waals surface area contributed by atoms with Crippen molar-refractivity contribution in [2.45, 2.75) is 0 Å². The summed E-state index contributed by atoms with van der Waals surface area (Å²) in [6.45, 7) is 0.465. The summed E-state index contributed by atoms with van der Waals surface area (Å²) in [6, 6.07) is 0. The lowest BCUT2D eigenvalue weighted by Crippen LogP contribution is -2.04. The zero-order valence-corrected chi connectivity index (χ0v) is 5.72. The molecular formula is C3H3NO2SSi. The van der Waals surface area contributed by atoms with Gasteiger partial charge in [-0.15, -0.1) is 0 Å². The zero-order valence-electron chi connectivity index (χ0n) is 3.90. The van der Waals surface area contributed by atoms with Crippen LogP contribution in [0.1, 0.15) is 0 Å². The van der Waals surface area contributed by atoms with Crippen molar-refractivity contribution in [2.24, 2.45) is 0 Å². The molecule has 5 heteroatoms. The fourth-order valence-corrected chi connectivity index (χ4v) is 2.23. The van der Waals surface area contributed by atoms with Crippen molar-refractivity contribution in [1.29, 1.82) is 0 Å². The maximum atomic E-state index is 9.68. The molecule has 0 aliphatic rings. The first kappa shape index (κ1) is 5.58. The molecule has 0 aliphatic carbocycles. The highest BCUT2D eigenvalue weighted by Gasteiger charge is 1.92. The van der Waals surface area contributed by atoms with Crippen molar-refractivity contribution in [3.05, 3.63) is 11.9 Å². The van der Waals surface area contributed by atoms with Gasteiger partial charge < -0.3 is 4.43 Å². The van der Waals surface area contributed by atoms with Crippen molar-refractivity contribution in [3.63, 3.8) is 0 Å². The average Bonchev–Trinajstić information content (AvgIpc) is 2.19. The number of rotatable bonds is 2. The highest BCUT2D eigenvalue weighted by atomic mass is 32.3. The standard InChI is InChI=1S/C3H3NO2SSi/c5-3-6-8-2-1-4-7-8/h1-3H. The number of hydrogen-bond donors (Lipinski definition) is 0. The van der Waals surface area contributed by atoms with E-state index < -0.39 is 7.76 Å². The predicted octanol–water partition coefficient (Wildman–Crippen LogP) is -0.246. The van der Waals surface area contributed by atoms with Crippen molar-refractivity contribution >= 4 is 25.2 Å². The number of carbonyl (C=O) groups excluding carboxylic acids is 1. The first-order chi connectivity index (χ1) is 3.93. The van der Waals surface area contributed by atoms with E-state index in [9.17, 15) is 4.79 Å². The van der Waals surface area contributed by atoms with Gasteiger partial charge in [-0.2, -0.15) is 0 Å². The van der Waals surface area contributed by atoms with Crippen LogP contribution in [0.25, 0.3) is 0 Å². The van der Waals surface area contributed by atoms with E-state index in [0.29, 0.717) is 6.47 Å².